The number of aliphatic carboxylic acids is 1. The first-order valence-corrected chi connectivity index (χ1v) is 10.7. The smallest absolute Gasteiger partial charge is 0.306 e. The van der Waals surface area contributed by atoms with Gasteiger partial charge in [0.05, 0.1) is 10.8 Å². The summed E-state index contributed by atoms with van der Waals surface area (Å²) in [7, 11) is 0. The van der Waals surface area contributed by atoms with Gasteiger partial charge in [0.1, 0.15) is 10.6 Å². The number of aliphatic hydroxyl groups is 1. The standard InChI is InChI=1S/C22H24N4O3S/c1-13-9-16(11-17(10-13)26-21-23-8-5-14(2)25-21)18-12-24-20(30-18)22(29)6-3-15(4-7-22)19(27)28/h5,8-12,15,29H,3-4,6-7H2,1-2H3,(H,27,28)(H,23,25,26)/t15-,22+. The van der Waals surface area contributed by atoms with Crippen molar-refractivity contribution in [2.75, 3.05) is 5.32 Å². The molecule has 3 aromatic rings. The average molecular weight is 425 g/mol. The molecule has 1 saturated carbocycles. The van der Waals surface area contributed by atoms with Crippen LogP contribution in [0.25, 0.3) is 10.4 Å². The van der Waals surface area contributed by atoms with Crippen LogP contribution in [0.5, 0.6) is 0 Å². The number of aromatic nitrogens is 3. The molecule has 0 saturated heterocycles. The minimum atomic E-state index is -1.05. The molecule has 7 nitrogen and oxygen atoms in total. The predicted octanol–water partition coefficient (Wildman–Crippen LogP) is 4.42. The molecule has 0 aliphatic heterocycles. The molecule has 0 bridgehead atoms. The van der Waals surface area contributed by atoms with Crippen molar-refractivity contribution in [1.29, 1.82) is 0 Å². The molecule has 1 aliphatic rings. The van der Waals surface area contributed by atoms with Crippen LogP contribution in [0, 0.1) is 19.8 Å². The van der Waals surface area contributed by atoms with Crippen LogP contribution in [0.1, 0.15) is 41.9 Å². The van der Waals surface area contributed by atoms with Gasteiger partial charge in [0.2, 0.25) is 5.95 Å². The molecule has 0 unspecified atom stereocenters. The number of carboxylic acids is 1. The van der Waals surface area contributed by atoms with Crippen LogP contribution in [-0.2, 0) is 10.4 Å². The summed E-state index contributed by atoms with van der Waals surface area (Å²) in [4.78, 5) is 25.3. The van der Waals surface area contributed by atoms with Crippen LogP contribution in [-0.4, -0.2) is 31.1 Å². The van der Waals surface area contributed by atoms with Crippen molar-refractivity contribution in [3.63, 3.8) is 0 Å². The van der Waals surface area contributed by atoms with Crippen molar-refractivity contribution in [2.45, 2.75) is 45.1 Å². The van der Waals surface area contributed by atoms with Gasteiger partial charge in [0.15, 0.2) is 0 Å². The molecule has 2 heterocycles. The lowest BCUT2D eigenvalue weighted by Gasteiger charge is -2.32. The summed E-state index contributed by atoms with van der Waals surface area (Å²) in [5.74, 6) is -0.616. The number of carboxylic acid groups (broad SMARTS) is 1. The third-order valence-corrected chi connectivity index (χ3v) is 6.72. The third kappa shape index (κ3) is 4.34. The van der Waals surface area contributed by atoms with Gasteiger partial charge in [-0.2, -0.15) is 0 Å². The fourth-order valence-corrected chi connectivity index (χ4v) is 4.86. The van der Waals surface area contributed by atoms with E-state index in [4.69, 9.17) is 0 Å². The molecule has 2 aromatic heterocycles. The Labute approximate surface area is 178 Å². The lowest BCUT2D eigenvalue weighted by Crippen LogP contribution is -2.33. The zero-order chi connectivity index (χ0) is 21.3. The second-order valence-corrected chi connectivity index (χ2v) is 8.94. The van der Waals surface area contributed by atoms with Gasteiger partial charge >= 0.3 is 5.97 Å². The van der Waals surface area contributed by atoms with E-state index < -0.39 is 11.6 Å². The quantitative estimate of drug-likeness (QED) is 0.556. The van der Waals surface area contributed by atoms with Crippen molar-refractivity contribution >= 4 is 28.9 Å². The highest BCUT2D eigenvalue weighted by Gasteiger charge is 2.39. The maximum atomic E-state index is 11.2. The highest BCUT2D eigenvalue weighted by Crippen LogP contribution is 2.43. The maximum absolute atomic E-state index is 11.2. The molecule has 156 valence electrons. The van der Waals surface area contributed by atoms with Crippen molar-refractivity contribution in [3.8, 4) is 10.4 Å². The van der Waals surface area contributed by atoms with E-state index in [9.17, 15) is 15.0 Å². The van der Waals surface area contributed by atoms with Crippen molar-refractivity contribution in [2.24, 2.45) is 5.92 Å². The van der Waals surface area contributed by atoms with Gasteiger partial charge in [-0.25, -0.2) is 15.0 Å². The van der Waals surface area contributed by atoms with Crippen molar-refractivity contribution < 1.29 is 15.0 Å². The Morgan fingerprint density at radius 3 is 2.67 bits per heavy atom. The second-order valence-electron chi connectivity index (χ2n) is 7.91. The number of hydrogen-bond acceptors (Lipinski definition) is 7. The number of nitrogens with one attached hydrogen (secondary N) is 1. The predicted molar refractivity (Wildman–Crippen MR) is 116 cm³/mol. The normalized spacial score (nSPS) is 21.4. The van der Waals surface area contributed by atoms with Crippen LogP contribution >= 0.6 is 11.3 Å². The highest BCUT2D eigenvalue weighted by atomic mass is 32.1. The largest absolute Gasteiger partial charge is 0.481 e. The van der Waals surface area contributed by atoms with Gasteiger partial charge < -0.3 is 15.5 Å². The summed E-state index contributed by atoms with van der Waals surface area (Å²) in [5, 5.41) is 24.2. The van der Waals surface area contributed by atoms with Crippen molar-refractivity contribution in [3.05, 3.63) is 52.9 Å². The van der Waals surface area contributed by atoms with E-state index in [1.165, 1.54) is 11.3 Å². The first-order valence-electron chi connectivity index (χ1n) is 9.93. The molecular weight excluding hydrogens is 400 g/mol. The fraction of sp³-hybridized carbons (Fsp3) is 0.364. The van der Waals surface area contributed by atoms with Gasteiger partial charge in [-0.1, -0.05) is 6.07 Å². The number of thiazole rings is 1. The summed E-state index contributed by atoms with van der Waals surface area (Å²) in [6.45, 7) is 3.94. The van der Waals surface area contributed by atoms with E-state index in [0.29, 0.717) is 36.6 Å². The number of carbonyl (C=O) groups is 1. The molecule has 30 heavy (non-hydrogen) atoms. The number of aryl methyl sites for hydroxylation is 2. The van der Waals surface area contributed by atoms with E-state index in [0.717, 1.165) is 27.4 Å². The third-order valence-electron chi connectivity index (χ3n) is 5.48. The minimum Gasteiger partial charge on any atom is -0.481 e. The van der Waals surface area contributed by atoms with E-state index in [2.05, 4.69) is 26.3 Å². The molecule has 0 spiro atoms. The lowest BCUT2D eigenvalue weighted by molar-refractivity contribution is -0.145. The van der Waals surface area contributed by atoms with Gasteiger partial charge in [-0.05, 0) is 68.9 Å². The summed E-state index contributed by atoms with van der Waals surface area (Å²) < 4.78 is 0. The van der Waals surface area contributed by atoms with Gasteiger partial charge in [-0.3, -0.25) is 4.79 Å². The molecule has 4 rings (SSSR count). The number of nitrogens with zero attached hydrogens (tertiary/aromatic N) is 3. The molecule has 1 fully saturated rings. The topological polar surface area (TPSA) is 108 Å². The first-order chi connectivity index (χ1) is 14.3. The first kappa shape index (κ1) is 20.4. The fourth-order valence-electron chi connectivity index (χ4n) is 3.81. The van der Waals surface area contributed by atoms with Gasteiger partial charge in [0, 0.05) is 23.8 Å². The molecule has 8 heteroatoms. The van der Waals surface area contributed by atoms with Gasteiger partial charge in [0.25, 0.3) is 0 Å². The van der Waals surface area contributed by atoms with Crippen LogP contribution in [0.3, 0.4) is 0 Å². The Bertz CT molecular complexity index is 1070. The molecule has 1 aromatic carbocycles. The molecular formula is C22H24N4O3S. The zero-order valence-electron chi connectivity index (χ0n) is 16.9. The van der Waals surface area contributed by atoms with E-state index in [1.54, 1.807) is 12.4 Å². The second kappa shape index (κ2) is 8.12. The average Bonchev–Trinajstić information content (AvgIpc) is 3.19. The van der Waals surface area contributed by atoms with E-state index >= 15 is 0 Å². The molecule has 1 aliphatic carbocycles. The summed E-state index contributed by atoms with van der Waals surface area (Å²) >= 11 is 1.46. The summed E-state index contributed by atoms with van der Waals surface area (Å²) in [6, 6.07) is 7.96. The van der Waals surface area contributed by atoms with Crippen LogP contribution in [0.2, 0.25) is 0 Å². The molecule has 3 N–H and O–H groups in total. The van der Waals surface area contributed by atoms with Crippen LogP contribution < -0.4 is 5.32 Å². The Balaban J connectivity index is 1.56. The SMILES string of the molecule is Cc1cc(Nc2nccc(C)n2)cc(-c2cnc([C@]3(O)CC[C@@H](C(=O)O)CC3)s2)c1. The number of anilines is 2. The maximum Gasteiger partial charge on any atom is 0.306 e. The number of rotatable bonds is 5. The number of benzene rings is 1. The highest BCUT2D eigenvalue weighted by molar-refractivity contribution is 7.15. The summed E-state index contributed by atoms with van der Waals surface area (Å²) in [6.07, 6.45) is 5.27. The zero-order valence-corrected chi connectivity index (χ0v) is 17.7. The molecule has 0 radical (unpaired) electrons. The summed E-state index contributed by atoms with van der Waals surface area (Å²) in [5.41, 5.74) is 2.80. The Morgan fingerprint density at radius 2 is 1.97 bits per heavy atom. The lowest BCUT2D eigenvalue weighted by atomic mass is 9.79. The molecule has 0 amide bonds. The van der Waals surface area contributed by atoms with Crippen LogP contribution in [0.4, 0.5) is 11.6 Å². The van der Waals surface area contributed by atoms with Gasteiger partial charge in [-0.15, -0.1) is 11.3 Å². The Hall–Kier alpha value is -2.84. The Morgan fingerprint density at radius 1 is 1.20 bits per heavy atom. The number of hydrogen-bond donors (Lipinski definition) is 3. The Kier molecular flexibility index (Phi) is 5.53. The van der Waals surface area contributed by atoms with Crippen LogP contribution in [0.15, 0.2) is 36.7 Å². The minimum absolute atomic E-state index is 0.376. The van der Waals surface area contributed by atoms with E-state index in [-0.39, 0.29) is 5.92 Å². The van der Waals surface area contributed by atoms with Crippen molar-refractivity contribution in [1.82, 2.24) is 15.0 Å². The van der Waals surface area contributed by atoms with E-state index in [1.807, 2.05) is 32.0 Å². The molecule has 0 atom stereocenters. The monoisotopic (exact) mass is 424 g/mol.